The van der Waals surface area contributed by atoms with Crippen LogP contribution in [0.25, 0.3) is 0 Å². The Morgan fingerprint density at radius 2 is 2.04 bits per heavy atom. The molecule has 0 aliphatic carbocycles. The molecule has 3 rings (SSSR count). The molecule has 0 radical (unpaired) electrons. The number of ether oxygens (including phenoxy) is 2. The second-order valence-corrected chi connectivity index (χ2v) is 7.98. The molecular formula is C17H30N4O3S. The smallest absolute Gasteiger partial charge is 0.409 e. The number of methoxy groups -OCH3 is 1. The highest BCUT2D eigenvalue weighted by Crippen LogP contribution is 2.29. The minimum absolute atomic E-state index is 0.0393. The van der Waals surface area contributed by atoms with Gasteiger partial charge in [-0.1, -0.05) is 11.8 Å². The normalized spacial score (nSPS) is 31.6. The summed E-state index contributed by atoms with van der Waals surface area (Å²) in [5.74, 6) is 0. The van der Waals surface area contributed by atoms with E-state index in [1.54, 1.807) is 4.90 Å². The Kier molecular flexibility index (Phi) is 6.49. The van der Waals surface area contributed by atoms with Gasteiger partial charge in [0.25, 0.3) is 0 Å². The van der Waals surface area contributed by atoms with Crippen LogP contribution in [-0.2, 0) is 9.47 Å². The third-order valence-electron chi connectivity index (χ3n) is 5.38. The molecule has 142 valence electrons. The molecule has 0 saturated carbocycles. The number of amides is 1. The number of carbonyl (C=O) groups excluding carboxylic acids is 1. The molecule has 7 nitrogen and oxygen atoms in total. The van der Waals surface area contributed by atoms with Gasteiger partial charge in [0.05, 0.1) is 25.9 Å². The topological polar surface area (TPSA) is 71.3 Å². The van der Waals surface area contributed by atoms with Gasteiger partial charge in [-0.15, -0.1) is 0 Å². The number of carbonyl (C=O) groups is 1. The quantitative estimate of drug-likeness (QED) is 0.803. The number of hydrogen-bond acceptors (Lipinski definition) is 7. The summed E-state index contributed by atoms with van der Waals surface area (Å²) in [7, 11) is 3.54. The third-order valence-corrected chi connectivity index (χ3v) is 6.53. The number of thioether (sulfide) groups is 1. The van der Waals surface area contributed by atoms with Crippen molar-refractivity contribution in [1.82, 2.24) is 14.7 Å². The maximum absolute atomic E-state index is 12.0. The van der Waals surface area contributed by atoms with Gasteiger partial charge in [-0.2, -0.15) is 0 Å². The number of rotatable bonds is 4. The molecule has 3 heterocycles. The lowest BCUT2D eigenvalue weighted by molar-refractivity contribution is -0.0368. The first kappa shape index (κ1) is 18.8. The maximum atomic E-state index is 12.0. The molecule has 1 amide bonds. The van der Waals surface area contributed by atoms with E-state index in [0.717, 1.165) is 38.8 Å². The minimum atomic E-state index is -0.299. The lowest BCUT2D eigenvalue weighted by Gasteiger charge is -2.41. The van der Waals surface area contributed by atoms with Crippen molar-refractivity contribution < 1.29 is 14.3 Å². The van der Waals surface area contributed by atoms with Crippen LogP contribution in [0, 0.1) is 0 Å². The molecule has 25 heavy (non-hydrogen) atoms. The Morgan fingerprint density at radius 1 is 1.28 bits per heavy atom. The molecule has 2 saturated heterocycles. The second-order valence-electron chi connectivity index (χ2n) is 7.02. The number of nitrogens with two attached hydrogens (primary N) is 1. The lowest BCUT2D eigenvalue weighted by atomic mass is 9.98. The number of likely N-dealkylation sites (tertiary alicyclic amines) is 2. The average molecular weight is 371 g/mol. The van der Waals surface area contributed by atoms with Crippen molar-refractivity contribution in [2.24, 2.45) is 5.73 Å². The predicted molar refractivity (Wildman–Crippen MR) is 98.9 cm³/mol. The van der Waals surface area contributed by atoms with Crippen LogP contribution in [0.5, 0.6) is 0 Å². The fourth-order valence-electron chi connectivity index (χ4n) is 3.86. The van der Waals surface area contributed by atoms with E-state index < -0.39 is 0 Å². The van der Waals surface area contributed by atoms with Gasteiger partial charge in [-0.05, 0) is 31.1 Å². The van der Waals surface area contributed by atoms with E-state index in [1.807, 2.05) is 11.8 Å². The van der Waals surface area contributed by atoms with Gasteiger partial charge in [0.2, 0.25) is 0 Å². The van der Waals surface area contributed by atoms with Crippen LogP contribution in [0.15, 0.2) is 11.6 Å². The SMILES string of the molecule is COC(=O)N1CCCC(N)C1COC1CCN(C2SC=CN2C)CC1. The Hall–Kier alpha value is -0.960. The van der Waals surface area contributed by atoms with Gasteiger partial charge in [-0.25, -0.2) is 4.79 Å². The standard InChI is InChI=1S/C17H30N4O3S/c1-19-10-11-25-16(19)20-8-5-13(6-9-20)24-12-15-14(18)4-3-7-21(15)17(22)23-2/h10-11,13-16H,3-9,12,18H2,1-2H3. The Morgan fingerprint density at radius 3 is 2.68 bits per heavy atom. The molecule has 0 bridgehead atoms. The highest BCUT2D eigenvalue weighted by molar-refractivity contribution is 8.02. The van der Waals surface area contributed by atoms with E-state index in [0.29, 0.717) is 18.6 Å². The van der Waals surface area contributed by atoms with Gasteiger partial charge in [-0.3, -0.25) is 4.90 Å². The van der Waals surface area contributed by atoms with Crippen molar-refractivity contribution in [2.75, 3.05) is 40.4 Å². The summed E-state index contributed by atoms with van der Waals surface area (Å²) in [6.07, 6.45) is 5.96. The first-order valence-electron chi connectivity index (χ1n) is 9.10. The molecule has 0 aromatic carbocycles. The first-order valence-corrected chi connectivity index (χ1v) is 10.0. The Balaban J connectivity index is 1.46. The van der Waals surface area contributed by atoms with Crippen molar-refractivity contribution in [1.29, 1.82) is 0 Å². The molecule has 0 aromatic heterocycles. The summed E-state index contributed by atoms with van der Waals surface area (Å²) < 4.78 is 11.1. The van der Waals surface area contributed by atoms with Gasteiger partial charge in [0, 0.05) is 38.9 Å². The molecule has 8 heteroatoms. The molecule has 3 unspecified atom stereocenters. The van der Waals surface area contributed by atoms with Crippen molar-refractivity contribution in [3.63, 3.8) is 0 Å². The van der Waals surface area contributed by atoms with Crippen molar-refractivity contribution in [3.8, 4) is 0 Å². The van der Waals surface area contributed by atoms with Gasteiger partial charge >= 0.3 is 6.09 Å². The minimum Gasteiger partial charge on any atom is -0.453 e. The summed E-state index contributed by atoms with van der Waals surface area (Å²) in [4.78, 5) is 18.5. The van der Waals surface area contributed by atoms with Crippen LogP contribution >= 0.6 is 11.8 Å². The van der Waals surface area contributed by atoms with E-state index >= 15 is 0 Å². The number of hydrogen-bond donors (Lipinski definition) is 1. The van der Waals surface area contributed by atoms with Crippen LogP contribution in [0.1, 0.15) is 25.7 Å². The zero-order chi connectivity index (χ0) is 17.8. The second kappa shape index (κ2) is 8.62. The van der Waals surface area contributed by atoms with E-state index in [-0.39, 0.29) is 24.3 Å². The van der Waals surface area contributed by atoms with Crippen molar-refractivity contribution in [2.45, 2.75) is 49.4 Å². The summed E-state index contributed by atoms with van der Waals surface area (Å²) in [6, 6.07) is -0.123. The highest BCUT2D eigenvalue weighted by atomic mass is 32.2. The monoisotopic (exact) mass is 370 g/mol. The largest absolute Gasteiger partial charge is 0.453 e. The lowest BCUT2D eigenvalue weighted by Crippen LogP contribution is -2.57. The predicted octanol–water partition coefficient (Wildman–Crippen LogP) is 1.46. The maximum Gasteiger partial charge on any atom is 0.409 e. The fourth-order valence-corrected chi connectivity index (χ4v) is 4.90. The zero-order valence-electron chi connectivity index (χ0n) is 15.2. The molecular weight excluding hydrogens is 340 g/mol. The molecule has 0 spiro atoms. The molecule has 3 aliphatic heterocycles. The van der Waals surface area contributed by atoms with E-state index in [4.69, 9.17) is 15.2 Å². The van der Waals surface area contributed by atoms with Crippen LogP contribution in [-0.4, -0.2) is 84.9 Å². The van der Waals surface area contributed by atoms with Crippen LogP contribution < -0.4 is 5.73 Å². The molecule has 3 atom stereocenters. The van der Waals surface area contributed by atoms with E-state index in [9.17, 15) is 4.79 Å². The van der Waals surface area contributed by atoms with Crippen LogP contribution in [0.2, 0.25) is 0 Å². The number of nitrogens with zero attached hydrogens (tertiary/aromatic N) is 3. The Labute approximate surface area is 154 Å². The third kappa shape index (κ3) is 4.42. The van der Waals surface area contributed by atoms with E-state index in [2.05, 4.69) is 28.5 Å². The van der Waals surface area contributed by atoms with Crippen molar-refractivity contribution >= 4 is 17.9 Å². The van der Waals surface area contributed by atoms with Gasteiger partial charge in [0.15, 0.2) is 0 Å². The van der Waals surface area contributed by atoms with Gasteiger partial charge < -0.3 is 25.0 Å². The zero-order valence-corrected chi connectivity index (χ0v) is 16.0. The molecule has 0 aromatic rings. The average Bonchev–Trinajstić information content (AvgIpc) is 3.06. The number of piperidine rings is 2. The van der Waals surface area contributed by atoms with Crippen molar-refractivity contribution in [3.05, 3.63) is 11.6 Å². The fraction of sp³-hybridized carbons (Fsp3) is 0.824. The molecule has 2 fully saturated rings. The van der Waals surface area contributed by atoms with Crippen LogP contribution in [0.4, 0.5) is 4.79 Å². The Bertz CT molecular complexity index is 485. The first-order chi connectivity index (χ1) is 12.1. The summed E-state index contributed by atoms with van der Waals surface area (Å²) in [5.41, 5.74) is 6.66. The highest BCUT2D eigenvalue weighted by Gasteiger charge is 2.35. The van der Waals surface area contributed by atoms with Gasteiger partial charge in [0.1, 0.15) is 5.50 Å². The molecule has 3 aliphatic rings. The molecule has 2 N–H and O–H groups in total. The summed E-state index contributed by atoms with van der Waals surface area (Å²) in [6.45, 7) is 3.27. The van der Waals surface area contributed by atoms with Crippen LogP contribution in [0.3, 0.4) is 0 Å². The van der Waals surface area contributed by atoms with E-state index in [1.165, 1.54) is 7.11 Å². The summed E-state index contributed by atoms with van der Waals surface area (Å²) in [5, 5.41) is 2.15. The summed E-state index contributed by atoms with van der Waals surface area (Å²) >= 11 is 1.86.